The highest BCUT2D eigenvalue weighted by Gasteiger charge is 2.20. The molecule has 80 valence electrons. The quantitative estimate of drug-likeness (QED) is 0.483. The molecular weight excluding hydrogens is 196 g/mol. The maximum atomic E-state index is 12.9. The van der Waals surface area contributed by atoms with Crippen LogP contribution < -0.4 is 0 Å². The molecule has 0 spiro atoms. The lowest BCUT2D eigenvalue weighted by molar-refractivity contribution is 0.432. The molecule has 0 bridgehead atoms. The van der Waals surface area contributed by atoms with Crippen LogP contribution >= 0.6 is 0 Å². The number of halogens is 4. The summed E-state index contributed by atoms with van der Waals surface area (Å²) in [5.41, 5.74) is -0.544. The maximum absolute atomic E-state index is 12.9. The molecule has 0 aliphatic rings. The first-order valence-electron chi connectivity index (χ1n) is 3.78. The molecule has 0 saturated carbocycles. The van der Waals surface area contributed by atoms with Crippen LogP contribution in [0.25, 0.3) is 0 Å². The van der Waals surface area contributed by atoms with Crippen molar-refractivity contribution in [3.63, 3.8) is 0 Å². The van der Waals surface area contributed by atoms with Crippen molar-refractivity contribution in [2.75, 3.05) is 0 Å². The van der Waals surface area contributed by atoms with Crippen LogP contribution in [0.3, 0.4) is 0 Å². The smallest absolute Gasteiger partial charge is 0.165 e. The summed E-state index contributed by atoms with van der Waals surface area (Å²) >= 11 is 0. The summed E-state index contributed by atoms with van der Waals surface area (Å²) < 4.78 is 51.0. The van der Waals surface area contributed by atoms with Crippen molar-refractivity contribution in [2.24, 2.45) is 0 Å². The van der Waals surface area contributed by atoms with Crippen LogP contribution in [0.15, 0.2) is 6.07 Å². The van der Waals surface area contributed by atoms with Gasteiger partial charge < -0.3 is 0 Å². The zero-order valence-corrected chi connectivity index (χ0v) is 7.17. The van der Waals surface area contributed by atoms with Gasteiger partial charge in [0.25, 0.3) is 0 Å². The molecule has 1 aromatic carbocycles. The normalized spacial score (nSPS) is 10.2. The molecule has 0 nitrogen and oxygen atoms in total. The summed E-state index contributed by atoms with van der Waals surface area (Å²) in [6.07, 6.45) is 0. The van der Waals surface area contributed by atoms with E-state index in [-0.39, 0.29) is 13.5 Å². The molecule has 1 aromatic rings. The van der Waals surface area contributed by atoms with Crippen LogP contribution in [-0.4, -0.2) is 0 Å². The van der Waals surface area contributed by atoms with Gasteiger partial charge in [-0.1, -0.05) is 21.3 Å². The third-order valence-corrected chi connectivity index (χ3v) is 1.72. The first-order chi connectivity index (χ1) is 5.95. The SMILES string of the molecule is C.CC(C)c1c(F)c(F)cc(F)c1F. The van der Waals surface area contributed by atoms with E-state index in [0.717, 1.165) is 0 Å². The number of hydrogen-bond donors (Lipinski definition) is 0. The van der Waals surface area contributed by atoms with Gasteiger partial charge >= 0.3 is 0 Å². The average molecular weight is 208 g/mol. The van der Waals surface area contributed by atoms with Crippen LogP contribution in [0.5, 0.6) is 0 Å². The molecule has 0 amide bonds. The monoisotopic (exact) mass is 208 g/mol. The summed E-state index contributed by atoms with van der Waals surface area (Å²) in [6.45, 7) is 2.92. The summed E-state index contributed by atoms with van der Waals surface area (Å²) in [5, 5.41) is 0. The van der Waals surface area contributed by atoms with Crippen molar-refractivity contribution in [3.05, 3.63) is 34.9 Å². The molecule has 0 heterocycles. The Morgan fingerprint density at radius 3 is 1.57 bits per heavy atom. The zero-order chi connectivity index (χ0) is 10.2. The molecule has 1 rings (SSSR count). The van der Waals surface area contributed by atoms with Crippen LogP contribution in [0.2, 0.25) is 0 Å². The van der Waals surface area contributed by atoms with Gasteiger partial charge in [-0.3, -0.25) is 0 Å². The first kappa shape index (κ1) is 12.9. The van der Waals surface area contributed by atoms with Gasteiger partial charge in [-0.15, -0.1) is 0 Å². The Morgan fingerprint density at radius 2 is 1.29 bits per heavy atom. The van der Waals surface area contributed by atoms with Gasteiger partial charge in [0.15, 0.2) is 23.3 Å². The summed E-state index contributed by atoms with van der Waals surface area (Å²) in [7, 11) is 0. The Morgan fingerprint density at radius 1 is 0.929 bits per heavy atom. The minimum atomic E-state index is -1.36. The largest absolute Gasteiger partial charge is 0.204 e. The molecule has 0 atom stereocenters. The van der Waals surface area contributed by atoms with Crippen molar-refractivity contribution in [2.45, 2.75) is 27.2 Å². The third-order valence-electron chi connectivity index (χ3n) is 1.72. The summed E-state index contributed by atoms with van der Waals surface area (Å²) in [5.74, 6) is -5.93. The zero-order valence-electron chi connectivity index (χ0n) is 7.17. The van der Waals surface area contributed by atoms with E-state index in [1.807, 2.05) is 0 Å². The lowest BCUT2D eigenvalue weighted by Gasteiger charge is -2.09. The Bertz CT molecular complexity index is 305. The van der Waals surface area contributed by atoms with Gasteiger partial charge in [0.2, 0.25) is 0 Å². The highest BCUT2D eigenvalue weighted by atomic mass is 19.2. The maximum Gasteiger partial charge on any atom is 0.165 e. The lowest BCUT2D eigenvalue weighted by Crippen LogP contribution is -2.03. The molecule has 14 heavy (non-hydrogen) atoms. The minimum absolute atomic E-state index is 0. The number of hydrogen-bond acceptors (Lipinski definition) is 0. The van der Waals surface area contributed by atoms with E-state index in [1.165, 1.54) is 13.8 Å². The van der Waals surface area contributed by atoms with Crippen molar-refractivity contribution in [1.82, 2.24) is 0 Å². The molecule has 0 radical (unpaired) electrons. The second kappa shape index (κ2) is 4.44. The summed E-state index contributed by atoms with van der Waals surface area (Å²) in [6, 6.07) is 0.205. The van der Waals surface area contributed by atoms with Crippen LogP contribution in [0, 0.1) is 23.3 Å². The van der Waals surface area contributed by atoms with Gasteiger partial charge in [-0.2, -0.15) is 0 Å². The second-order valence-corrected chi connectivity index (χ2v) is 3.04. The van der Waals surface area contributed by atoms with E-state index in [4.69, 9.17) is 0 Å². The molecular formula is C10H12F4. The topological polar surface area (TPSA) is 0 Å². The molecule has 0 aliphatic heterocycles. The predicted octanol–water partition coefficient (Wildman–Crippen LogP) is 4.00. The lowest BCUT2D eigenvalue weighted by atomic mass is 10.0. The van der Waals surface area contributed by atoms with Gasteiger partial charge in [0.05, 0.1) is 0 Å². The standard InChI is InChI=1S/C9H8F4.CH4/c1-4(2)7-8(12)5(10)3-6(11)9(7)13;/h3-4H,1-2H3;1H4. The Kier molecular flexibility index (Phi) is 4.10. The van der Waals surface area contributed by atoms with E-state index < -0.39 is 34.8 Å². The Hall–Kier alpha value is -1.06. The Balaban J connectivity index is 0.00000169. The molecule has 0 unspecified atom stereocenters. The molecule has 0 N–H and O–H groups in total. The van der Waals surface area contributed by atoms with Crippen molar-refractivity contribution in [1.29, 1.82) is 0 Å². The van der Waals surface area contributed by atoms with Crippen LogP contribution in [0.4, 0.5) is 17.6 Å². The highest BCUT2D eigenvalue weighted by Crippen LogP contribution is 2.25. The fourth-order valence-electron chi connectivity index (χ4n) is 1.10. The number of benzene rings is 1. The van der Waals surface area contributed by atoms with Crippen molar-refractivity contribution in [3.8, 4) is 0 Å². The van der Waals surface area contributed by atoms with E-state index >= 15 is 0 Å². The number of rotatable bonds is 1. The van der Waals surface area contributed by atoms with Gasteiger partial charge in [0, 0.05) is 11.6 Å². The second-order valence-electron chi connectivity index (χ2n) is 3.04. The van der Waals surface area contributed by atoms with E-state index in [2.05, 4.69) is 0 Å². The fraction of sp³-hybridized carbons (Fsp3) is 0.400. The van der Waals surface area contributed by atoms with Gasteiger partial charge in [0.1, 0.15) is 0 Å². The van der Waals surface area contributed by atoms with E-state index in [0.29, 0.717) is 0 Å². The van der Waals surface area contributed by atoms with Gasteiger partial charge in [-0.05, 0) is 5.92 Å². The van der Waals surface area contributed by atoms with E-state index in [9.17, 15) is 17.6 Å². The Labute approximate surface area is 80.6 Å². The molecule has 0 aromatic heterocycles. The fourth-order valence-corrected chi connectivity index (χ4v) is 1.10. The minimum Gasteiger partial charge on any atom is -0.204 e. The van der Waals surface area contributed by atoms with Gasteiger partial charge in [-0.25, -0.2) is 17.6 Å². The predicted molar refractivity (Wildman–Crippen MR) is 47.1 cm³/mol. The highest BCUT2D eigenvalue weighted by molar-refractivity contribution is 5.25. The van der Waals surface area contributed by atoms with Crippen LogP contribution in [-0.2, 0) is 0 Å². The average Bonchev–Trinajstić information content (AvgIpc) is 2.01. The molecule has 4 heteroatoms. The molecule has 0 saturated heterocycles. The van der Waals surface area contributed by atoms with Crippen molar-refractivity contribution < 1.29 is 17.6 Å². The van der Waals surface area contributed by atoms with Crippen LogP contribution in [0.1, 0.15) is 32.8 Å². The van der Waals surface area contributed by atoms with E-state index in [1.54, 1.807) is 0 Å². The first-order valence-corrected chi connectivity index (χ1v) is 3.78. The molecule has 0 fully saturated rings. The summed E-state index contributed by atoms with van der Waals surface area (Å²) in [4.78, 5) is 0. The van der Waals surface area contributed by atoms with Crippen molar-refractivity contribution >= 4 is 0 Å². The third kappa shape index (κ3) is 2.05. The molecule has 0 aliphatic carbocycles.